The largest absolute Gasteiger partial charge is 0.367 e. The van der Waals surface area contributed by atoms with Crippen LogP contribution in [0, 0.1) is 5.82 Å². The number of piperazine rings is 1. The molecule has 0 bridgehead atoms. The second kappa shape index (κ2) is 8.70. The maximum absolute atomic E-state index is 15.1. The zero-order valence-corrected chi connectivity index (χ0v) is 19.7. The highest BCUT2D eigenvalue weighted by molar-refractivity contribution is 6.05. The van der Waals surface area contributed by atoms with Crippen LogP contribution in [0.5, 0.6) is 0 Å². The van der Waals surface area contributed by atoms with Gasteiger partial charge in [0.05, 0.1) is 5.69 Å². The van der Waals surface area contributed by atoms with Gasteiger partial charge in [-0.3, -0.25) is 29.4 Å². The van der Waals surface area contributed by atoms with Crippen LogP contribution < -0.4 is 15.5 Å². The van der Waals surface area contributed by atoms with E-state index in [-0.39, 0.29) is 42.7 Å². The Morgan fingerprint density at radius 2 is 1.75 bits per heavy atom. The maximum Gasteiger partial charge on any atom is 0.255 e. The van der Waals surface area contributed by atoms with Gasteiger partial charge >= 0.3 is 0 Å². The van der Waals surface area contributed by atoms with Crippen LogP contribution in [0.2, 0.25) is 0 Å². The molecule has 0 spiro atoms. The number of amides is 4. The molecule has 4 heterocycles. The second-order valence-corrected chi connectivity index (χ2v) is 9.80. The molecule has 2 saturated heterocycles. The highest BCUT2D eigenvalue weighted by Gasteiger charge is 2.40. The predicted octanol–water partition coefficient (Wildman–Crippen LogP) is 1.15. The minimum absolute atomic E-state index is 0.0246. The van der Waals surface area contributed by atoms with E-state index in [0.717, 1.165) is 36.3 Å². The molecule has 1 atom stereocenters. The Labute approximate surface area is 207 Å². The third kappa shape index (κ3) is 3.91. The van der Waals surface area contributed by atoms with E-state index in [1.54, 1.807) is 6.07 Å². The van der Waals surface area contributed by atoms with Gasteiger partial charge in [-0.05, 0) is 41.3 Å². The van der Waals surface area contributed by atoms with Crippen molar-refractivity contribution in [2.75, 3.05) is 31.1 Å². The van der Waals surface area contributed by atoms with Crippen LogP contribution in [0.4, 0.5) is 10.1 Å². The van der Waals surface area contributed by atoms with Crippen molar-refractivity contribution >= 4 is 29.3 Å². The molecule has 4 aliphatic rings. The lowest BCUT2D eigenvalue weighted by molar-refractivity contribution is -0.136. The number of nitrogens with one attached hydrogen (secondary N) is 2. The first-order valence-corrected chi connectivity index (χ1v) is 12.2. The number of hydrogen-bond acceptors (Lipinski definition) is 6. The molecule has 36 heavy (non-hydrogen) atoms. The van der Waals surface area contributed by atoms with E-state index in [9.17, 15) is 19.2 Å². The monoisotopic (exact) mass is 491 g/mol. The zero-order valence-electron chi connectivity index (χ0n) is 19.7. The lowest BCUT2D eigenvalue weighted by Crippen LogP contribution is -2.52. The molecule has 0 saturated carbocycles. The van der Waals surface area contributed by atoms with Crippen molar-refractivity contribution in [1.29, 1.82) is 0 Å². The van der Waals surface area contributed by atoms with E-state index in [2.05, 4.69) is 21.6 Å². The normalized spacial score (nSPS) is 22.0. The van der Waals surface area contributed by atoms with Gasteiger partial charge < -0.3 is 15.1 Å². The van der Waals surface area contributed by atoms with E-state index in [0.29, 0.717) is 30.9 Å². The molecule has 0 aliphatic carbocycles. The summed E-state index contributed by atoms with van der Waals surface area (Å²) in [4.78, 5) is 54.2. The summed E-state index contributed by atoms with van der Waals surface area (Å²) >= 11 is 0. The summed E-state index contributed by atoms with van der Waals surface area (Å²) in [6, 6.07) is 8.24. The molecule has 2 aromatic carbocycles. The van der Waals surface area contributed by atoms with Gasteiger partial charge in [0.15, 0.2) is 0 Å². The van der Waals surface area contributed by atoms with Gasteiger partial charge in [-0.25, -0.2) is 4.39 Å². The average molecular weight is 492 g/mol. The topological polar surface area (TPSA) is 102 Å². The van der Waals surface area contributed by atoms with Gasteiger partial charge in [0.1, 0.15) is 11.9 Å². The summed E-state index contributed by atoms with van der Waals surface area (Å²) in [6.07, 6.45) is 0.458. The molecule has 9 nitrogen and oxygen atoms in total. The van der Waals surface area contributed by atoms with Gasteiger partial charge in [0.2, 0.25) is 11.8 Å². The molecule has 186 valence electrons. The fourth-order valence-electron chi connectivity index (χ4n) is 5.61. The Bertz CT molecular complexity index is 1300. The Balaban J connectivity index is 1.12. The summed E-state index contributed by atoms with van der Waals surface area (Å²) < 4.78 is 15.1. The van der Waals surface area contributed by atoms with Crippen LogP contribution in [0.1, 0.15) is 50.2 Å². The molecule has 0 radical (unpaired) electrons. The van der Waals surface area contributed by atoms with Crippen LogP contribution in [0.3, 0.4) is 0 Å². The van der Waals surface area contributed by atoms with E-state index >= 15 is 4.39 Å². The first kappa shape index (κ1) is 22.7. The van der Waals surface area contributed by atoms with Crippen molar-refractivity contribution in [3.63, 3.8) is 0 Å². The minimum atomic E-state index is -0.717. The number of halogens is 1. The number of piperidine rings is 1. The van der Waals surface area contributed by atoms with Gasteiger partial charge in [-0.15, -0.1) is 0 Å². The summed E-state index contributed by atoms with van der Waals surface area (Å²) in [7, 11) is 0. The van der Waals surface area contributed by atoms with Crippen molar-refractivity contribution in [3.05, 3.63) is 64.0 Å². The van der Waals surface area contributed by atoms with E-state index < -0.39 is 17.8 Å². The quantitative estimate of drug-likeness (QED) is 0.623. The second-order valence-electron chi connectivity index (χ2n) is 9.80. The van der Waals surface area contributed by atoms with Crippen molar-refractivity contribution in [2.45, 2.75) is 38.5 Å². The Morgan fingerprint density at radius 1 is 0.944 bits per heavy atom. The molecule has 0 aromatic heterocycles. The van der Waals surface area contributed by atoms with Crippen LogP contribution >= 0.6 is 0 Å². The molecule has 4 amide bonds. The van der Waals surface area contributed by atoms with Gasteiger partial charge in [-0.1, -0.05) is 12.1 Å². The first-order chi connectivity index (χ1) is 17.4. The van der Waals surface area contributed by atoms with Crippen LogP contribution in [0.25, 0.3) is 0 Å². The van der Waals surface area contributed by atoms with Crippen LogP contribution in [0.15, 0.2) is 30.3 Å². The third-order valence-corrected chi connectivity index (χ3v) is 7.56. The fraction of sp³-hybridized carbons (Fsp3) is 0.385. The van der Waals surface area contributed by atoms with Gasteiger partial charge in [-0.2, -0.15) is 0 Å². The summed E-state index contributed by atoms with van der Waals surface area (Å²) in [5, 5.41) is 5.13. The maximum atomic E-state index is 15.1. The molecule has 6 rings (SSSR count). The smallest absolute Gasteiger partial charge is 0.255 e. The molecule has 2 fully saturated rings. The first-order valence-electron chi connectivity index (χ1n) is 12.2. The predicted molar refractivity (Wildman–Crippen MR) is 128 cm³/mol. The van der Waals surface area contributed by atoms with Crippen molar-refractivity contribution < 1.29 is 23.6 Å². The fourth-order valence-corrected chi connectivity index (χ4v) is 5.61. The van der Waals surface area contributed by atoms with E-state index in [1.807, 2.05) is 17.0 Å². The van der Waals surface area contributed by atoms with Crippen LogP contribution in [-0.4, -0.2) is 65.6 Å². The number of fused-ring (bicyclic) bond motifs is 2. The van der Waals surface area contributed by atoms with Crippen molar-refractivity contribution in [3.8, 4) is 0 Å². The Kier molecular flexibility index (Phi) is 5.48. The Morgan fingerprint density at radius 3 is 2.53 bits per heavy atom. The molecule has 4 aliphatic heterocycles. The SMILES string of the molecule is O=C1CCC(N2Cc3cc(N4CCN(Cc5ccc6c(c5)CNC6=O)CC4)c(F)cc3C2=O)C(=O)N1. The Hall–Kier alpha value is -3.79. The molecular formula is C26H26FN5O4. The molecule has 2 aromatic rings. The van der Waals surface area contributed by atoms with E-state index in [1.165, 1.54) is 11.0 Å². The number of benzene rings is 2. The van der Waals surface area contributed by atoms with Crippen molar-refractivity contribution in [1.82, 2.24) is 20.4 Å². The summed E-state index contributed by atoms with van der Waals surface area (Å²) in [5.74, 6) is -1.66. The number of carbonyl (C=O) groups is 4. The highest BCUT2D eigenvalue weighted by atomic mass is 19.1. The highest BCUT2D eigenvalue weighted by Crippen LogP contribution is 2.33. The number of anilines is 1. The number of hydrogen-bond donors (Lipinski definition) is 2. The standard InChI is InChI=1S/C26H26FN5O4/c27-20-11-19-17(14-32(26(19)36)21-3-4-23(33)29-25(21)35)10-22(20)31-7-5-30(6-8-31)13-15-1-2-18-16(9-15)12-28-24(18)34/h1-2,9-11,21H,3-8,12-14H2,(H,28,34)(H,29,33,35). The lowest BCUT2D eigenvalue weighted by atomic mass is 10.0. The van der Waals surface area contributed by atoms with Gasteiger partial charge in [0, 0.05) is 63.4 Å². The lowest BCUT2D eigenvalue weighted by Gasteiger charge is -2.36. The number of carbonyl (C=O) groups excluding carboxylic acids is 4. The van der Waals surface area contributed by atoms with E-state index in [4.69, 9.17) is 0 Å². The third-order valence-electron chi connectivity index (χ3n) is 7.56. The molecule has 1 unspecified atom stereocenters. The molecular weight excluding hydrogens is 465 g/mol. The number of rotatable bonds is 4. The molecule has 10 heteroatoms. The molecule has 2 N–H and O–H groups in total. The summed E-state index contributed by atoms with van der Waals surface area (Å²) in [5.41, 5.74) is 4.36. The van der Waals surface area contributed by atoms with Crippen molar-refractivity contribution in [2.24, 2.45) is 0 Å². The number of nitrogens with zero attached hydrogens (tertiary/aromatic N) is 3. The van der Waals surface area contributed by atoms with Crippen LogP contribution in [-0.2, 0) is 29.2 Å². The zero-order chi connectivity index (χ0) is 25.0. The summed E-state index contributed by atoms with van der Waals surface area (Å²) in [6.45, 7) is 4.35. The van der Waals surface area contributed by atoms with Gasteiger partial charge in [0.25, 0.3) is 11.8 Å². The number of imide groups is 1. The minimum Gasteiger partial charge on any atom is -0.367 e. The average Bonchev–Trinajstić information content (AvgIpc) is 3.38.